The fourth-order valence-electron chi connectivity index (χ4n) is 2.31. The second kappa shape index (κ2) is 6.41. The van der Waals surface area contributed by atoms with Gasteiger partial charge in [-0.05, 0) is 33.4 Å². The number of hydrogen-bond acceptors (Lipinski definition) is 6. The summed E-state index contributed by atoms with van der Waals surface area (Å²) < 4.78 is 0. The Morgan fingerprint density at radius 3 is 3.00 bits per heavy atom. The molecule has 0 spiro atoms. The molecule has 20 heavy (non-hydrogen) atoms. The van der Waals surface area contributed by atoms with Crippen LogP contribution in [0.5, 0.6) is 0 Å². The maximum Gasteiger partial charge on any atom is 0.265 e. The molecule has 0 bridgehead atoms. The third kappa shape index (κ3) is 3.21. The van der Waals surface area contributed by atoms with Crippen molar-refractivity contribution in [2.75, 3.05) is 44.4 Å². The van der Waals surface area contributed by atoms with Gasteiger partial charge in [0, 0.05) is 26.2 Å². The van der Waals surface area contributed by atoms with Crippen molar-refractivity contribution in [3.8, 4) is 0 Å². The number of likely N-dealkylation sites (N-methyl/N-ethyl adjacent to an activating group) is 1. The number of nitrogens with two attached hydrogens (primary N) is 1. The number of aromatic nitrogens is 1. The van der Waals surface area contributed by atoms with Gasteiger partial charge in [-0.25, -0.2) is 4.98 Å². The predicted molar refractivity (Wildman–Crippen MR) is 83.5 cm³/mol. The molecule has 1 aromatic heterocycles. The first kappa shape index (κ1) is 15.1. The number of nitrogens with one attached hydrogen (secondary N) is 1. The summed E-state index contributed by atoms with van der Waals surface area (Å²) in [6.45, 7) is 4.65. The van der Waals surface area contributed by atoms with Crippen LogP contribution >= 0.6 is 11.3 Å². The number of nitrogens with zero attached hydrogens (tertiary/aromatic N) is 3. The maximum absolute atomic E-state index is 12.2. The van der Waals surface area contributed by atoms with Gasteiger partial charge in [-0.2, -0.15) is 0 Å². The van der Waals surface area contributed by atoms with Crippen LogP contribution in [-0.4, -0.2) is 55.6 Å². The van der Waals surface area contributed by atoms with E-state index in [1.54, 1.807) is 0 Å². The summed E-state index contributed by atoms with van der Waals surface area (Å²) in [4.78, 5) is 21.2. The monoisotopic (exact) mass is 297 g/mol. The molecular weight excluding hydrogens is 274 g/mol. The van der Waals surface area contributed by atoms with Gasteiger partial charge >= 0.3 is 0 Å². The molecule has 0 saturated carbocycles. The van der Waals surface area contributed by atoms with E-state index >= 15 is 0 Å². The Morgan fingerprint density at radius 1 is 1.65 bits per heavy atom. The van der Waals surface area contributed by atoms with Gasteiger partial charge in [0.1, 0.15) is 10.7 Å². The van der Waals surface area contributed by atoms with Crippen molar-refractivity contribution in [3.63, 3.8) is 0 Å². The lowest BCUT2D eigenvalue weighted by Gasteiger charge is -2.19. The fraction of sp³-hybridized carbons (Fsp3) is 0.692. The molecule has 1 fully saturated rings. The van der Waals surface area contributed by atoms with Gasteiger partial charge in [0.15, 0.2) is 5.13 Å². The molecule has 7 heteroatoms. The highest BCUT2D eigenvalue weighted by Crippen LogP contribution is 2.27. The number of amides is 1. The van der Waals surface area contributed by atoms with Crippen molar-refractivity contribution in [1.29, 1.82) is 0 Å². The first-order chi connectivity index (χ1) is 9.52. The summed E-state index contributed by atoms with van der Waals surface area (Å²) in [6, 6.07) is 0.436. The lowest BCUT2D eigenvalue weighted by Crippen LogP contribution is -2.38. The lowest BCUT2D eigenvalue weighted by atomic mass is 10.2. The Labute approximate surface area is 124 Å². The molecule has 2 rings (SSSR count). The van der Waals surface area contributed by atoms with E-state index in [1.807, 2.05) is 18.9 Å². The van der Waals surface area contributed by atoms with Crippen LogP contribution < -0.4 is 16.0 Å². The molecule has 1 aliphatic heterocycles. The molecule has 3 N–H and O–H groups in total. The molecule has 1 amide bonds. The van der Waals surface area contributed by atoms with Crippen LogP contribution in [0.3, 0.4) is 0 Å². The number of thiazole rings is 1. The average molecular weight is 297 g/mol. The number of nitrogen functional groups attached to an aromatic ring is 1. The molecule has 0 aliphatic carbocycles. The molecule has 1 saturated heterocycles. The number of carbonyl (C=O) groups is 1. The number of likely N-dealkylation sites (tertiary alicyclic amines) is 1. The Balaban J connectivity index is 1.96. The first-order valence-corrected chi connectivity index (χ1v) is 7.80. The van der Waals surface area contributed by atoms with Crippen LogP contribution in [0.2, 0.25) is 0 Å². The first-order valence-electron chi connectivity index (χ1n) is 6.98. The quantitative estimate of drug-likeness (QED) is 0.848. The standard InChI is InChI=1S/C13H23N5OS/c1-4-17(2)13-16-11(14)10(20-13)12(19)15-8-9-6-5-7-18(9)3/h9H,4-8,14H2,1-3H3,(H,15,19). The van der Waals surface area contributed by atoms with Crippen LogP contribution in [0, 0.1) is 0 Å². The summed E-state index contributed by atoms with van der Waals surface area (Å²) in [5, 5.41) is 3.76. The van der Waals surface area contributed by atoms with Crippen LogP contribution in [0.25, 0.3) is 0 Å². The molecule has 0 radical (unpaired) electrons. The summed E-state index contributed by atoms with van der Waals surface area (Å²) in [5.41, 5.74) is 5.85. The Bertz CT molecular complexity index is 475. The number of carbonyl (C=O) groups excluding carboxylic acids is 1. The van der Waals surface area contributed by atoms with E-state index in [4.69, 9.17) is 5.73 Å². The minimum atomic E-state index is -0.115. The van der Waals surface area contributed by atoms with Crippen LogP contribution in [0.15, 0.2) is 0 Å². The summed E-state index contributed by atoms with van der Waals surface area (Å²) in [7, 11) is 4.03. The number of hydrogen-bond donors (Lipinski definition) is 2. The van der Waals surface area contributed by atoms with Gasteiger partial charge in [0.05, 0.1) is 0 Å². The molecule has 2 heterocycles. The Kier molecular flexibility index (Phi) is 4.82. The highest BCUT2D eigenvalue weighted by atomic mass is 32.1. The molecule has 1 aromatic rings. The molecule has 6 nitrogen and oxygen atoms in total. The van der Waals surface area contributed by atoms with Crippen LogP contribution in [0.4, 0.5) is 10.9 Å². The molecule has 0 aromatic carbocycles. The van der Waals surface area contributed by atoms with E-state index < -0.39 is 0 Å². The van der Waals surface area contributed by atoms with Crippen LogP contribution in [-0.2, 0) is 0 Å². The lowest BCUT2D eigenvalue weighted by molar-refractivity contribution is 0.0948. The van der Waals surface area contributed by atoms with E-state index in [2.05, 4.69) is 22.2 Å². The minimum absolute atomic E-state index is 0.115. The van der Waals surface area contributed by atoms with Gasteiger partial charge in [0.25, 0.3) is 5.91 Å². The van der Waals surface area contributed by atoms with Crippen molar-refractivity contribution in [2.24, 2.45) is 0 Å². The smallest absolute Gasteiger partial charge is 0.265 e. The molecule has 1 unspecified atom stereocenters. The van der Waals surface area contributed by atoms with E-state index in [0.717, 1.165) is 24.6 Å². The van der Waals surface area contributed by atoms with E-state index in [9.17, 15) is 4.79 Å². The summed E-state index contributed by atoms with van der Waals surface area (Å²) in [6.07, 6.45) is 2.34. The van der Waals surface area contributed by atoms with Crippen molar-refractivity contribution < 1.29 is 4.79 Å². The Morgan fingerprint density at radius 2 is 2.40 bits per heavy atom. The normalized spacial score (nSPS) is 19.2. The molecular formula is C13H23N5OS. The fourth-order valence-corrected chi connectivity index (χ4v) is 3.24. The summed E-state index contributed by atoms with van der Waals surface area (Å²) >= 11 is 1.35. The second-order valence-corrected chi connectivity index (χ2v) is 6.19. The Hall–Kier alpha value is -1.34. The molecule has 112 valence electrons. The van der Waals surface area contributed by atoms with Gasteiger partial charge in [-0.15, -0.1) is 0 Å². The zero-order valence-electron chi connectivity index (χ0n) is 12.3. The highest BCUT2D eigenvalue weighted by molar-refractivity contribution is 7.18. The SMILES string of the molecule is CCN(C)c1nc(N)c(C(=O)NCC2CCCN2C)s1. The van der Waals surface area contributed by atoms with Gasteiger partial charge in [-0.1, -0.05) is 11.3 Å². The molecule has 1 aliphatic rings. The molecule has 1 atom stereocenters. The van der Waals surface area contributed by atoms with Crippen molar-refractivity contribution >= 4 is 28.2 Å². The minimum Gasteiger partial charge on any atom is -0.382 e. The average Bonchev–Trinajstić information content (AvgIpc) is 3.01. The number of rotatable bonds is 5. The third-order valence-electron chi connectivity index (χ3n) is 3.82. The van der Waals surface area contributed by atoms with Crippen molar-refractivity contribution in [3.05, 3.63) is 4.88 Å². The van der Waals surface area contributed by atoms with E-state index in [0.29, 0.717) is 23.3 Å². The van der Waals surface area contributed by atoms with Gasteiger partial charge in [-0.3, -0.25) is 4.79 Å². The van der Waals surface area contributed by atoms with E-state index in [-0.39, 0.29) is 5.91 Å². The van der Waals surface area contributed by atoms with Crippen molar-refractivity contribution in [2.45, 2.75) is 25.8 Å². The number of anilines is 2. The predicted octanol–water partition coefficient (Wildman–Crippen LogP) is 1.01. The van der Waals surface area contributed by atoms with Crippen LogP contribution in [0.1, 0.15) is 29.4 Å². The highest BCUT2D eigenvalue weighted by Gasteiger charge is 2.23. The van der Waals surface area contributed by atoms with Gasteiger partial charge < -0.3 is 20.9 Å². The van der Waals surface area contributed by atoms with Gasteiger partial charge in [0.2, 0.25) is 0 Å². The summed E-state index contributed by atoms with van der Waals surface area (Å²) in [5.74, 6) is 0.207. The maximum atomic E-state index is 12.2. The zero-order chi connectivity index (χ0) is 14.7. The van der Waals surface area contributed by atoms with E-state index in [1.165, 1.54) is 17.8 Å². The van der Waals surface area contributed by atoms with Crippen molar-refractivity contribution in [1.82, 2.24) is 15.2 Å². The largest absolute Gasteiger partial charge is 0.382 e. The second-order valence-electron chi connectivity index (χ2n) is 5.21. The third-order valence-corrected chi connectivity index (χ3v) is 5.00. The zero-order valence-corrected chi connectivity index (χ0v) is 13.2. The topological polar surface area (TPSA) is 74.5 Å².